The van der Waals surface area contributed by atoms with Gasteiger partial charge in [-0.3, -0.25) is 4.79 Å². The number of nitriles is 1. The third-order valence-corrected chi connectivity index (χ3v) is 1.25. The average Bonchev–Trinajstić information content (AvgIpc) is 2.03. The lowest BCUT2D eigenvalue weighted by atomic mass is 10.2. The molecule has 1 aromatic rings. The summed E-state index contributed by atoms with van der Waals surface area (Å²) in [5.41, 5.74) is 5.89. The van der Waals surface area contributed by atoms with Gasteiger partial charge in [-0.25, -0.2) is 0 Å². The van der Waals surface area contributed by atoms with Gasteiger partial charge in [-0.1, -0.05) is 0 Å². The minimum absolute atomic E-state index is 0.241. The van der Waals surface area contributed by atoms with Gasteiger partial charge in [-0.2, -0.15) is 5.26 Å². The van der Waals surface area contributed by atoms with Crippen LogP contribution in [-0.4, -0.2) is 4.98 Å². The van der Waals surface area contributed by atoms with Crippen LogP contribution in [0.25, 0.3) is 0 Å². The molecule has 0 radical (unpaired) electrons. The average molecular weight is 149 g/mol. The fraction of sp³-hybridized carbons (Fsp3) is 0.143. The predicted molar refractivity (Wildman–Crippen MR) is 39.7 cm³/mol. The Labute approximate surface area is 63.3 Å². The lowest BCUT2D eigenvalue weighted by molar-refractivity contribution is 0.970. The second-order valence-corrected chi connectivity index (χ2v) is 2.07. The van der Waals surface area contributed by atoms with Crippen LogP contribution >= 0.6 is 0 Å². The summed E-state index contributed by atoms with van der Waals surface area (Å²) in [6, 6.07) is 4.66. The molecule has 1 aromatic heterocycles. The number of nitrogens with two attached hydrogens (primary N) is 1. The van der Waals surface area contributed by atoms with Gasteiger partial charge in [0.1, 0.15) is 0 Å². The number of hydrogen-bond donors (Lipinski definition) is 2. The molecule has 0 aliphatic carbocycles. The summed E-state index contributed by atoms with van der Waals surface area (Å²) in [5, 5.41) is 8.44. The molecule has 0 fully saturated rings. The van der Waals surface area contributed by atoms with Crippen molar-refractivity contribution in [3.8, 4) is 6.07 Å². The van der Waals surface area contributed by atoms with Crippen molar-refractivity contribution in [2.75, 3.05) is 0 Å². The Bertz CT molecular complexity index is 347. The molecule has 0 unspecified atom stereocenters. The molecule has 0 aromatic carbocycles. The summed E-state index contributed by atoms with van der Waals surface area (Å²) in [6.45, 7) is 0.241. The molecule has 0 saturated carbocycles. The second-order valence-electron chi connectivity index (χ2n) is 2.07. The molecule has 4 nitrogen and oxygen atoms in total. The Morgan fingerprint density at radius 2 is 2.36 bits per heavy atom. The molecule has 0 bridgehead atoms. The highest BCUT2D eigenvalue weighted by atomic mass is 16.1. The number of H-pyrrole nitrogens is 1. The normalized spacial score (nSPS) is 9.09. The van der Waals surface area contributed by atoms with Gasteiger partial charge in [0, 0.05) is 18.3 Å². The molecular formula is C7H7N3O. The number of aromatic nitrogens is 1. The SMILES string of the molecule is N#Cc1cc(CN)[nH]c(=O)c1. The van der Waals surface area contributed by atoms with Crippen molar-refractivity contribution < 1.29 is 0 Å². The highest BCUT2D eigenvalue weighted by molar-refractivity contribution is 5.28. The zero-order valence-corrected chi connectivity index (χ0v) is 5.79. The van der Waals surface area contributed by atoms with Gasteiger partial charge in [0.05, 0.1) is 11.6 Å². The summed E-state index contributed by atoms with van der Waals surface area (Å²) in [7, 11) is 0. The second kappa shape index (κ2) is 2.99. The van der Waals surface area contributed by atoms with Gasteiger partial charge in [0.2, 0.25) is 5.56 Å². The van der Waals surface area contributed by atoms with E-state index in [1.807, 2.05) is 6.07 Å². The molecule has 1 rings (SSSR count). The number of rotatable bonds is 1. The molecule has 0 aliphatic heterocycles. The number of hydrogen-bond acceptors (Lipinski definition) is 3. The lowest BCUT2D eigenvalue weighted by Gasteiger charge is -1.94. The van der Waals surface area contributed by atoms with Crippen molar-refractivity contribution in [1.29, 1.82) is 5.26 Å². The van der Waals surface area contributed by atoms with Gasteiger partial charge in [0.25, 0.3) is 0 Å². The summed E-state index contributed by atoms with van der Waals surface area (Å²) >= 11 is 0. The Morgan fingerprint density at radius 3 is 2.91 bits per heavy atom. The van der Waals surface area contributed by atoms with E-state index in [-0.39, 0.29) is 12.1 Å². The lowest BCUT2D eigenvalue weighted by Crippen LogP contribution is -2.11. The van der Waals surface area contributed by atoms with E-state index in [0.29, 0.717) is 11.3 Å². The molecule has 3 N–H and O–H groups in total. The zero-order valence-electron chi connectivity index (χ0n) is 5.79. The van der Waals surface area contributed by atoms with Gasteiger partial charge >= 0.3 is 0 Å². The minimum atomic E-state index is -0.287. The van der Waals surface area contributed by atoms with Crippen LogP contribution in [0.4, 0.5) is 0 Å². The van der Waals surface area contributed by atoms with Gasteiger partial charge in [-0.05, 0) is 6.07 Å². The van der Waals surface area contributed by atoms with Crippen molar-refractivity contribution in [3.05, 3.63) is 33.7 Å². The maximum atomic E-state index is 10.8. The van der Waals surface area contributed by atoms with E-state index in [0.717, 1.165) is 0 Å². The van der Waals surface area contributed by atoms with E-state index in [4.69, 9.17) is 11.0 Å². The molecule has 0 saturated heterocycles. The number of nitrogens with zero attached hydrogens (tertiary/aromatic N) is 1. The third-order valence-electron chi connectivity index (χ3n) is 1.25. The Balaban J connectivity index is 3.26. The van der Waals surface area contributed by atoms with Crippen LogP contribution in [-0.2, 0) is 6.54 Å². The van der Waals surface area contributed by atoms with Crippen LogP contribution in [0.15, 0.2) is 16.9 Å². The van der Waals surface area contributed by atoms with Crippen LogP contribution < -0.4 is 11.3 Å². The fourth-order valence-corrected chi connectivity index (χ4v) is 0.776. The van der Waals surface area contributed by atoms with Crippen LogP contribution in [0.2, 0.25) is 0 Å². The first kappa shape index (κ1) is 7.51. The van der Waals surface area contributed by atoms with Crippen molar-refractivity contribution in [1.82, 2.24) is 4.98 Å². The first-order valence-electron chi connectivity index (χ1n) is 3.09. The quantitative estimate of drug-likeness (QED) is 0.575. The summed E-state index contributed by atoms with van der Waals surface area (Å²) in [6.07, 6.45) is 0. The van der Waals surface area contributed by atoms with Crippen LogP contribution in [0.5, 0.6) is 0 Å². The molecule has 1 heterocycles. The Kier molecular flexibility index (Phi) is 2.04. The number of aromatic amines is 1. The Hall–Kier alpha value is -1.60. The van der Waals surface area contributed by atoms with E-state index in [9.17, 15) is 4.79 Å². The monoisotopic (exact) mass is 149 g/mol. The fourth-order valence-electron chi connectivity index (χ4n) is 0.776. The van der Waals surface area contributed by atoms with E-state index in [1.54, 1.807) is 6.07 Å². The van der Waals surface area contributed by atoms with Crippen molar-refractivity contribution in [2.24, 2.45) is 5.73 Å². The maximum Gasteiger partial charge on any atom is 0.249 e. The first-order chi connectivity index (χ1) is 5.26. The standard InChI is InChI=1S/C7H7N3O/c8-3-5-1-6(4-9)10-7(11)2-5/h1-2H,4,9H2,(H,10,11). The highest BCUT2D eigenvalue weighted by Crippen LogP contribution is 1.94. The molecule has 0 atom stereocenters. The van der Waals surface area contributed by atoms with E-state index in [1.165, 1.54) is 6.07 Å². The van der Waals surface area contributed by atoms with Crippen molar-refractivity contribution >= 4 is 0 Å². The molecule has 56 valence electrons. The Morgan fingerprint density at radius 1 is 1.64 bits per heavy atom. The topological polar surface area (TPSA) is 82.7 Å². The van der Waals surface area contributed by atoms with E-state index < -0.39 is 0 Å². The van der Waals surface area contributed by atoms with Gasteiger partial charge in [-0.15, -0.1) is 0 Å². The number of pyridine rings is 1. The molecule has 4 heteroatoms. The van der Waals surface area contributed by atoms with Crippen molar-refractivity contribution in [3.63, 3.8) is 0 Å². The van der Waals surface area contributed by atoms with E-state index >= 15 is 0 Å². The summed E-state index contributed by atoms with van der Waals surface area (Å²) < 4.78 is 0. The van der Waals surface area contributed by atoms with E-state index in [2.05, 4.69) is 4.98 Å². The first-order valence-corrected chi connectivity index (χ1v) is 3.09. The predicted octanol–water partition coefficient (Wildman–Crippen LogP) is -0.295. The zero-order chi connectivity index (χ0) is 8.27. The van der Waals surface area contributed by atoms with Crippen molar-refractivity contribution in [2.45, 2.75) is 6.54 Å². The summed E-state index contributed by atoms with van der Waals surface area (Å²) in [5.74, 6) is 0. The largest absolute Gasteiger partial charge is 0.325 e. The smallest absolute Gasteiger partial charge is 0.249 e. The van der Waals surface area contributed by atoms with Crippen LogP contribution in [0.3, 0.4) is 0 Å². The maximum absolute atomic E-state index is 10.8. The number of nitrogens with one attached hydrogen (secondary N) is 1. The molecule has 0 amide bonds. The minimum Gasteiger partial charge on any atom is -0.325 e. The van der Waals surface area contributed by atoms with Crippen LogP contribution in [0, 0.1) is 11.3 Å². The molecule has 0 aliphatic rings. The van der Waals surface area contributed by atoms with Gasteiger partial charge < -0.3 is 10.7 Å². The molecule has 0 spiro atoms. The van der Waals surface area contributed by atoms with Crippen LogP contribution in [0.1, 0.15) is 11.3 Å². The molecular weight excluding hydrogens is 142 g/mol. The summed E-state index contributed by atoms with van der Waals surface area (Å²) in [4.78, 5) is 13.3. The van der Waals surface area contributed by atoms with Gasteiger partial charge in [0.15, 0.2) is 0 Å². The third kappa shape index (κ3) is 1.66. The molecule has 11 heavy (non-hydrogen) atoms. The highest BCUT2D eigenvalue weighted by Gasteiger charge is 1.94.